The third-order valence-corrected chi connectivity index (χ3v) is 3.22. The SMILES string of the molecule is CC(NC(C)c1cc(O)cc(O)c1)c1ccccc1. The zero-order valence-corrected chi connectivity index (χ0v) is 11.2. The normalized spacial score (nSPS) is 14.0. The lowest BCUT2D eigenvalue weighted by Gasteiger charge is -2.21. The number of phenolic OH excluding ortho intramolecular Hbond substituents is 2. The topological polar surface area (TPSA) is 52.5 Å². The molecular formula is C16H19NO2. The van der Waals surface area contributed by atoms with Gasteiger partial charge in [0.2, 0.25) is 0 Å². The van der Waals surface area contributed by atoms with Gasteiger partial charge in [-0.2, -0.15) is 0 Å². The average molecular weight is 257 g/mol. The summed E-state index contributed by atoms with van der Waals surface area (Å²) in [6.07, 6.45) is 0. The van der Waals surface area contributed by atoms with Gasteiger partial charge in [-0.15, -0.1) is 0 Å². The molecule has 0 aliphatic carbocycles. The zero-order valence-electron chi connectivity index (χ0n) is 11.2. The molecule has 2 aromatic rings. The maximum absolute atomic E-state index is 9.51. The number of aromatic hydroxyl groups is 2. The first-order valence-corrected chi connectivity index (χ1v) is 6.40. The molecule has 0 radical (unpaired) electrons. The summed E-state index contributed by atoms with van der Waals surface area (Å²) in [5.74, 6) is 0.159. The molecule has 0 heterocycles. The molecule has 0 spiro atoms. The van der Waals surface area contributed by atoms with E-state index in [2.05, 4.69) is 24.4 Å². The maximum Gasteiger partial charge on any atom is 0.119 e. The van der Waals surface area contributed by atoms with Crippen LogP contribution in [0.15, 0.2) is 48.5 Å². The number of nitrogens with one attached hydrogen (secondary N) is 1. The molecule has 0 amide bonds. The van der Waals surface area contributed by atoms with E-state index in [1.165, 1.54) is 11.6 Å². The van der Waals surface area contributed by atoms with E-state index in [4.69, 9.17) is 0 Å². The first-order valence-electron chi connectivity index (χ1n) is 6.40. The third kappa shape index (κ3) is 3.48. The van der Waals surface area contributed by atoms with Gasteiger partial charge in [0.1, 0.15) is 11.5 Å². The molecule has 0 aliphatic rings. The molecule has 0 aromatic heterocycles. The minimum atomic E-state index is 0.0354. The number of rotatable bonds is 4. The summed E-state index contributed by atoms with van der Waals surface area (Å²) >= 11 is 0. The highest BCUT2D eigenvalue weighted by molar-refractivity contribution is 5.38. The lowest BCUT2D eigenvalue weighted by molar-refractivity contribution is 0.442. The van der Waals surface area contributed by atoms with Crippen LogP contribution in [0.2, 0.25) is 0 Å². The molecule has 2 aromatic carbocycles. The van der Waals surface area contributed by atoms with Gasteiger partial charge in [-0.05, 0) is 37.1 Å². The Morgan fingerprint density at radius 2 is 1.32 bits per heavy atom. The lowest BCUT2D eigenvalue weighted by Crippen LogP contribution is -2.22. The predicted octanol–water partition coefficient (Wildman–Crippen LogP) is 3.51. The van der Waals surface area contributed by atoms with Crippen molar-refractivity contribution >= 4 is 0 Å². The fourth-order valence-electron chi connectivity index (χ4n) is 2.18. The van der Waals surface area contributed by atoms with E-state index in [1.807, 2.05) is 25.1 Å². The van der Waals surface area contributed by atoms with E-state index in [9.17, 15) is 10.2 Å². The lowest BCUT2D eigenvalue weighted by atomic mass is 10.0. The summed E-state index contributed by atoms with van der Waals surface area (Å²) in [7, 11) is 0. The molecule has 0 fully saturated rings. The van der Waals surface area contributed by atoms with Gasteiger partial charge in [0, 0.05) is 18.2 Å². The third-order valence-electron chi connectivity index (χ3n) is 3.22. The highest BCUT2D eigenvalue weighted by Crippen LogP contribution is 2.26. The standard InChI is InChI=1S/C16H19NO2/c1-11(13-6-4-3-5-7-13)17-12(2)14-8-15(18)10-16(19)9-14/h3-12,17-19H,1-2H3. The minimum Gasteiger partial charge on any atom is -0.508 e. The van der Waals surface area contributed by atoms with E-state index in [-0.39, 0.29) is 23.6 Å². The second-order valence-electron chi connectivity index (χ2n) is 4.80. The van der Waals surface area contributed by atoms with Crippen LogP contribution in [0.5, 0.6) is 11.5 Å². The summed E-state index contributed by atoms with van der Waals surface area (Å²) < 4.78 is 0. The van der Waals surface area contributed by atoms with E-state index in [0.29, 0.717) is 0 Å². The summed E-state index contributed by atoms with van der Waals surface area (Å²) in [5, 5.41) is 22.5. The second-order valence-corrected chi connectivity index (χ2v) is 4.80. The molecule has 19 heavy (non-hydrogen) atoms. The molecule has 0 aliphatic heterocycles. The Morgan fingerprint density at radius 1 is 0.789 bits per heavy atom. The van der Waals surface area contributed by atoms with Crippen LogP contribution < -0.4 is 5.32 Å². The molecule has 0 bridgehead atoms. The maximum atomic E-state index is 9.51. The van der Waals surface area contributed by atoms with E-state index in [0.717, 1.165) is 5.56 Å². The smallest absolute Gasteiger partial charge is 0.119 e. The van der Waals surface area contributed by atoms with Crippen LogP contribution in [0.4, 0.5) is 0 Å². The van der Waals surface area contributed by atoms with Crippen molar-refractivity contribution in [1.29, 1.82) is 0 Å². The molecule has 3 heteroatoms. The zero-order chi connectivity index (χ0) is 13.8. The van der Waals surface area contributed by atoms with Crippen molar-refractivity contribution in [1.82, 2.24) is 5.32 Å². The van der Waals surface area contributed by atoms with Crippen molar-refractivity contribution in [3.63, 3.8) is 0 Å². The van der Waals surface area contributed by atoms with Crippen molar-refractivity contribution in [2.45, 2.75) is 25.9 Å². The van der Waals surface area contributed by atoms with Crippen LogP contribution in [-0.2, 0) is 0 Å². The fourth-order valence-corrected chi connectivity index (χ4v) is 2.18. The van der Waals surface area contributed by atoms with Gasteiger partial charge in [-0.1, -0.05) is 30.3 Å². The van der Waals surface area contributed by atoms with Gasteiger partial charge in [0.05, 0.1) is 0 Å². The Hall–Kier alpha value is -2.00. The van der Waals surface area contributed by atoms with Crippen molar-refractivity contribution < 1.29 is 10.2 Å². The number of phenols is 2. The Balaban J connectivity index is 2.10. The Bertz CT molecular complexity index is 519. The molecular weight excluding hydrogens is 238 g/mol. The van der Waals surface area contributed by atoms with Crippen molar-refractivity contribution in [3.8, 4) is 11.5 Å². The summed E-state index contributed by atoms with van der Waals surface area (Å²) in [5.41, 5.74) is 2.07. The van der Waals surface area contributed by atoms with Crippen LogP contribution in [0.3, 0.4) is 0 Å². The van der Waals surface area contributed by atoms with Gasteiger partial charge < -0.3 is 15.5 Å². The molecule has 2 atom stereocenters. The minimum absolute atomic E-state index is 0.0354. The van der Waals surface area contributed by atoms with E-state index < -0.39 is 0 Å². The summed E-state index contributed by atoms with van der Waals surface area (Å²) in [4.78, 5) is 0. The van der Waals surface area contributed by atoms with Gasteiger partial charge in [0.25, 0.3) is 0 Å². The van der Waals surface area contributed by atoms with Gasteiger partial charge in [0.15, 0.2) is 0 Å². The number of hydrogen-bond acceptors (Lipinski definition) is 3. The van der Waals surface area contributed by atoms with Crippen molar-refractivity contribution in [2.75, 3.05) is 0 Å². The average Bonchev–Trinajstić information content (AvgIpc) is 2.38. The van der Waals surface area contributed by atoms with E-state index >= 15 is 0 Å². The van der Waals surface area contributed by atoms with Crippen LogP contribution in [0.25, 0.3) is 0 Å². The van der Waals surface area contributed by atoms with Crippen LogP contribution in [0.1, 0.15) is 37.1 Å². The van der Waals surface area contributed by atoms with Gasteiger partial charge in [-0.3, -0.25) is 0 Å². The summed E-state index contributed by atoms with van der Waals surface area (Å²) in [6.45, 7) is 4.10. The highest BCUT2D eigenvalue weighted by Gasteiger charge is 2.12. The van der Waals surface area contributed by atoms with Gasteiger partial charge in [-0.25, -0.2) is 0 Å². The van der Waals surface area contributed by atoms with Crippen LogP contribution in [-0.4, -0.2) is 10.2 Å². The predicted molar refractivity (Wildman–Crippen MR) is 76.2 cm³/mol. The largest absolute Gasteiger partial charge is 0.508 e. The first kappa shape index (κ1) is 13.4. The molecule has 3 nitrogen and oxygen atoms in total. The number of benzene rings is 2. The van der Waals surface area contributed by atoms with Crippen molar-refractivity contribution in [3.05, 3.63) is 59.7 Å². The first-order chi connectivity index (χ1) is 9.06. The molecule has 3 N–H and O–H groups in total. The summed E-state index contributed by atoms with van der Waals surface area (Å²) in [6, 6.07) is 15.0. The Morgan fingerprint density at radius 3 is 1.89 bits per heavy atom. The highest BCUT2D eigenvalue weighted by atomic mass is 16.3. The number of hydrogen-bond donors (Lipinski definition) is 3. The monoisotopic (exact) mass is 257 g/mol. The molecule has 2 unspecified atom stereocenters. The molecule has 100 valence electrons. The Labute approximate surface area is 113 Å². The van der Waals surface area contributed by atoms with Crippen molar-refractivity contribution in [2.24, 2.45) is 0 Å². The van der Waals surface area contributed by atoms with Crippen LogP contribution >= 0.6 is 0 Å². The molecule has 0 saturated heterocycles. The second kappa shape index (κ2) is 5.76. The van der Waals surface area contributed by atoms with E-state index in [1.54, 1.807) is 12.1 Å². The Kier molecular flexibility index (Phi) is 4.07. The van der Waals surface area contributed by atoms with Gasteiger partial charge >= 0.3 is 0 Å². The van der Waals surface area contributed by atoms with Crippen LogP contribution in [0, 0.1) is 0 Å². The molecule has 2 rings (SSSR count). The quantitative estimate of drug-likeness (QED) is 0.785. The molecule has 0 saturated carbocycles. The fraction of sp³-hybridized carbons (Fsp3) is 0.250.